The zero-order chi connectivity index (χ0) is 19.3. The number of thiocarbonyl (C=S) groups is 1. The van der Waals surface area contributed by atoms with Gasteiger partial charge in [-0.25, -0.2) is 0 Å². The molecule has 1 fully saturated rings. The average molecular weight is 392 g/mol. The highest BCUT2D eigenvalue weighted by Gasteiger charge is 2.34. The van der Waals surface area contributed by atoms with E-state index in [4.69, 9.17) is 12.2 Å². The zero-order valence-corrected chi connectivity index (χ0v) is 15.8. The molecule has 0 unspecified atom stereocenters. The highest BCUT2D eigenvalue weighted by atomic mass is 32.1. The maximum atomic E-state index is 12.7. The second-order valence-corrected chi connectivity index (χ2v) is 7.54. The number of rotatable bonds is 5. The topological polar surface area (TPSA) is 24.1 Å². The molecule has 0 saturated heterocycles. The van der Waals surface area contributed by atoms with Gasteiger partial charge in [0.15, 0.2) is 5.11 Å². The maximum Gasteiger partial charge on any atom is 0.416 e. The number of benzene rings is 2. The standard InChI is InChI=1S/C21H23F3N2S/c22-21(23,24)17-8-10-18(11-9-17)25-19(27)26-20(13-4-5-14-20)15-12-16-6-2-1-3-7-16/h1-3,6-11H,4-5,12-15H2,(H2,25,26,27). The Morgan fingerprint density at radius 2 is 1.59 bits per heavy atom. The van der Waals surface area contributed by atoms with Crippen molar-refractivity contribution in [1.82, 2.24) is 5.32 Å². The lowest BCUT2D eigenvalue weighted by molar-refractivity contribution is -0.137. The van der Waals surface area contributed by atoms with Crippen molar-refractivity contribution in [2.24, 2.45) is 0 Å². The van der Waals surface area contributed by atoms with E-state index < -0.39 is 11.7 Å². The molecule has 2 aromatic carbocycles. The van der Waals surface area contributed by atoms with Gasteiger partial charge in [0.1, 0.15) is 0 Å². The fourth-order valence-electron chi connectivity index (χ4n) is 3.66. The lowest BCUT2D eigenvalue weighted by atomic mass is 9.89. The molecule has 0 aliphatic heterocycles. The molecule has 0 aromatic heterocycles. The van der Waals surface area contributed by atoms with E-state index >= 15 is 0 Å². The molecular weight excluding hydrogens is 369 g/mol. The van der Waals surface area contributed by atoms with Crippen LogP contribution in [0.1, 0.15) is 43.2 Å². The molecule has 27 heavy (non-hydrogen) atoms. The quantitative estimate of drug-likeness (QED) is 0.616. The van der Waals surface area contributed by atoms with Gasteiger partial charge in [-0.3, -0.25) is 0 Å². The molecule has 2 aromatic rings. The number of hydrogen-bond donors (Lipinski definition) is 2. The third kappa shape index (κ3) is 5.45. The highest BCUT2D eigenvalue weighted by Crippen LogP contribution is 2.34. The second-order valence-electron chi connectivity index (χ2n) is 7.13. The first-order valence-corrected chi connectivity index (χ1v) is 9.58. The van der Waals surface area contributed by atoms with Crippen molar-refractivity contribution in [2.75, 3.05) is 5.32 Å². The van der Waals surface area contributed by atoms with E-state index in [9.17, 15) is 13.2 Å². The lowest BCUT2D eigenvalue weighted by Crippen LogP contribution is -2.48. The van der Waals surface area contributed by atoms with Gasteiger partial charge in [-0.2, -0.15) is 13.2 Å². The average Bonchev–Trinajstić information content (AvgIpc) is 3.09. The fourth-order valence-corrected chi connectivity index (χ4v) is 4.00. The summed E-state index contributed by atoms with van der Waals surface area (Å²) in [5.41, 5.74) is 1.14. The zero-order valence-electron chi connectivity index (χ0n) is 15.0. The van der Waals surface area contributed by atoms with E-state index in [-0.39, 0.29) is 5.54 Å². The number of hydrogen-bond acceptors (Lipinski definition) is 1. The third-order valence-corrected chi connectivity index (χ3v) is 5.35. The van der Waals surface area contributed by atoms with Gasteiger partial charge in [0.05, 0.1) is 5.56 Å². The minimum Gasteiger partial charge on any atom is -0.357 e. The molecule has 0 spiro atoms. The molecule has 2 N–H and O–H groups in total. The van der Waals surface area contributed by atoms with E-state index in [1.165, 1.54) is 17.7 Å². The normalized spacial score (nSPS) is 16.1. The summed E-state index contributed by atoms with van der Waals surface area (Å²) in [5.74, 6) is 0. The van der Waals surface area contributed by atoms with Gasteiger partial charge in [-0.1, -0.05) is 43.2 Å². The SMILES string of the molecule is FC(F)(F)c1ccc(NC(=S)NC2(CCc3ccccc3)CCCC2)cc1. The van der Waals surface area contributed by atoms with Crippen molar-refractivity contribution in [2.45, 2.75) is 50.2 Å². The molecule has 3 rings (SSSR count). The summed E-state index contributed by atoms with van der Waals surface area (Å²) in [5, 5.41) is 6.94. The Bertz CT molecular complexity index is 751. The van der Waals surface area contributed by atoms with E-state index in [1.807, 2.05) is 18.2 Å². The van der Waals surface area contributed by atoms with Crippen molar-refractivity contribution in [3.8, 4) is 0 Å². The van der Waals surface area contributed by atoms with Gasteiger partial charge in [0.25, 0.3) is 0 Å². The summed E-state index contributed by atoms with van der Waals surface area (Å²) in [7, 11) is 0. The molecular formula is C21H23F3N2S. The van der Waals surface area contributed by atoms with Crippen LogP contribution in [-0.4, -0.2) is 10.7 Å². The summed E-state index contributed by atoms with van der Waals surface area (Å²) < 4.78 is 38.0. The minimum atomic E-state index is -4.33. The van der Waals surface area contributed by atoms with Crippen LogP contribution in [0.4, 0.5) is 18.9 Å². The van der Waals surface area contributed by atoms with Crippen molar-refractivity contribution >= 4 is 23.0 Å². The first-order chi connectivity index (χ1) is 12.9. The van der Waals surface area contributed by atoms with E-state index in [0.29, 0.717) is 10.8 Å². The summed E-state index contributed by atoms with van der Waals surface area (Å²) in [6.45, 7) is 0. The third-order valence-electron chi connectivity index (χ3n) is 5.14. The Kier molecular flexibility index (Phi) is 6.05. The van der Waals surface area contributed by atoms with Gasteiger partial charge in [0, 0.05) is 11.2 Å². The van der Waals surface area contributed by atoms with Crippen LogP contribution >= 0.6 is 12.2 Å². The van der Waals surface area contributed by atoms with Crippen molar-refractivity contribution in [3.63, 3.8) is 0 Å². The van der Waals surface area contributed by atoms with Crippen LogP contribution < -0.4 is 10.6 Å². The molecule has 0 atom stereocenters. The first-order valence-electron chi connectivity index (χ1n) is 9.17. The number of nitrogens with one attached hydrogen (secondary N) is 2. The molecule has 1 aliphatic carbocycles. The number of halogens is 3. The van der Waals surface area contributed by atoms with Crippen LogP contribution in [0, 0.1) is 0 Å². The summed E-state index contributed by atoms with van der Waals surface area (Å²) in [4.78, 5) is 0. The molecule has 6 heteroatoms. The number of anilines is 1. The van der Waals surface area contributed by atoms with Gasteiger partial charge >= 0.3 is 6.18 Å². The van der Waals surface area contributed by atoms with Gasteiger partial charge < -0.3 is 10.6 Å². The summed E-state index contributed by atoms with van der Waals surface area (Å²) in [6.07, 6.45) is 2.03. The van der Waals surface area contributed by atoms with Crippen molar-refractivity contribution in [1.29, 1.82) is 0 Å². The molecule has 0 heterocycles. The molecule has 1 aliphatic rings. The smallest absolute Gasteiger partial charge is 0.357 e. The van der Waals surface area contributed by atoms with E-state index in [0.717, 1.165) is 50.7 Å². The fraction of sp³-hybridized carbons (Fsp3) is 0.381. The molecule has 2 nitrogen and oxygen atoms in total. The molecule has 1 saturated carbocycles. The molecule has 0 radical (unpaired) electrons. The Hall–Kier alpha value is -2.08. The highest BCUT2D eigenvalue weighted by molar-refractivity contribution is 7.80. The Labute approximate surface area is 163 Å². The minimum absolute atomic E-state index is 0.0498. The summed E-state index contributed by atoms with van der Waals surface area (Å²) >= 11 is 5.44. The van der Waals surface area contributed by atoms with E-state index in [2.05, 4.69) is 22.8 Å². The van der Waals surface area contributed by atoms with Crippen LogP contribution in [0.3, 0.4) is 0 Å². The largest absolute Gasteiger partial charge is 0.416 e. The second kappa shape index (κ2) is 8.30. The molecule has 0 amide bonds. The van der Waals surface area contributed by atoms with Gasteiger partial charge in [-0.15, -0.1) is 0 Å². The lowest BCUT2D eigenvalue weighted by Gasteiger charge is -2.32. The maximum absolute atomic E-state index is 12.7. The molecule has 144 valence electrons. The van der Waals surface area contributed by atoms with Gasteiger partial charge in [0.2, 0.25) is 0 Å². The number of alkyl halides is 3. The number of aryl methyl sites for hydroxylation is 1. The van der Waals surface area contributed by atoms with Crippen LogP contribution in [-0.2, 0) is 12.6 Å². The van der Waals surface area contributed by atoms with Crippen LogP contribution in [0.15, 0.2) is 54.6 Å². The van der Waals surface area contributed by atoms with Crippen LogP contribution in [0.2, 0.25) is 0 Å². The van der Waals surface area contributed by atoms with Crippen molar-refractivity contribution in [3.05, 3.63) is 65.7 Å². The monoisotopic (exact) mass is 392 g/mol. The first kappa shape index (κ1) is 19.7. The Balaban J connectivity index is 1.60. The molecule has 0 bridgehead atoms. The predicted octanol–water partition coefficient (Wildman–Crippen LogP) is 5.94. The van der Waals surface area contributed by atoms with Crippen LogP contribution in [0.25, 0.3) is 0 Å². The summed E-state index contributed by atoms with van der Waals surface area (Å²) in [6, 6.07) is 15.3. The Morgan fingerprint density at radius 3 is 2.19 bits per heavy atom. The van der Waals surface area contributed by atoms with E-state index in [1.54, 1.807) is 0 Å². The van der Waals surface area contributed by atoms with Crippen LogP contribution in [0.5, 0.6) is 0 Å². The Morgan fingerprint density at radius 1 is 0.963 bits per heavy atom. The van der Waals surface area contributed by atoms with Gasteiger partial charge in [-0.05, 0) is 67.7 Å². The van der Waals surface area contributed by atoms with Crippen molar-refractivity contribution < 1.29 is 13.2 Å². The predicted molar refractivity (Wildman–Crippen MR) is 107 cm³/mol.